The Hall–Kier alpha value is -1.07. The Labute approximate surface area is 134 Å². The highest BCUT2D eigenvalue weighted by molar-refractivity contribution is 9.10. The molecule has 1 aromatic rings. The van der Waals surface area contributed by atoms with E-state index in [-0.39, 0.29) is 11.9 Å². The van der Waals surface area contributed by atoms with Gasteiger partial charge in [-0.3, -0.25) is 4.79 Å². The van der Waals surface area contributed by atoms with E-state index in [9.17, 15) is 4.79 Å². The highest BCUT2D eigenvalue weighted by Gasteiger charge is 2.31. The molecule has 5 heteroatoms. The lowest BCUT2D eigenvalue weighted by molar-refractivity contribution is -0.117. The predicted octanol–water partition coefficient (Wildman–Crippen LogP) is 3.29. The van der Waals surface area contributed by atoms with Crippen molar-refractivity contribution in [2.24, 2.45) is 5.92 Å². The molecule has 0 saturated carbocycles. The zero-order valence-electron chi connectivity index (χ0n) is 12.6. The Balaban J connectivity index is 1.91. The number of nitrogens with zero attached hydrogens (tertiary/aromatic N) is 1. The summed E-state index contributed by atoms with van der Waals surface area (Å²) in [6.45, 7) is 4.47. The highest BCUT2D eigenvalue weighted by Crippen LogP contribution is 2.40. The van der Waals surface area contributed by atoms with Gasteiger partial charge in [0.1, 0.15) is 6.04 Å². The monoisotopic (exact) mass is 351 g/mol. The van der Waals surface area contributed by atoms with E-state index in [0.29, 0.717) is 0 Å². The van der Waals surface area contributed by atoms with Gasteiger partial charge in [0.05, 0.1) is 5.69 Å². The molecule has 0 spiro atoms. The van der Waals surface area contributed by atoms with Crippen molar-refractivity contribution in [2.75, 3.05) is 30.4 Å². The zero-order valence-corrected chi connectivity index (χ0v) is 14.2. The number of carbonyl (C=O) groups is 1. The topological polar surface area (TPSA) is 44.4 Å². The van der Waals surface area contributed by atoms with Gasteiger partial charge in [-0.25, -0.2) is 0 Å². The molecule has 2 heterocycles. The molecule has 0 bridgehead atoms. The summed E-state index contributed by atoms with van der Waals surface area (Å²) in [6, 6.07) is 3.96. The number of rotatable bonds is 3. The molecule has 1 saturated heterocycles. The number of hydrogen-bond donors (Lipinski definition) is 2. The molecule has 114 valence electrons. The summed E-state index contributed by atoms with van der Waals surface area (Å²) in [5, 5.41) is 6.05. The minimum absolute atomic E-state index is 0.0293. The molecule has 1 amide bonds. The largest absolute Gasteiger partial charge is 0.370 e. The minimum Gasteiger partial charge on any atom is -0.370 e. The molecule has 0 aromatic heterocycles. The number of amides is 1. The third-order valence-corrected chi connectivity index (χ3v) is 5.31. The Bertz CT molecular complexity index is 561. The van der Waals surface area contributed by atoms with Crippen molar-refractivity contribution in [3.63, 3.8) is 0 Å². The number of fused-ring (bicyclic) bond motifs is 1. The van der Waals surface area contributed by atoms with E-state index in [4.69, 9.17) is 0 Å². The van der Waals surface area contributed by atoms with Gasteiger partial charge in [0.2, 0.25) is 5.91 Å². The van der Waals surface area contributed by atoms with Crippen molar-refractivity contribution >= 4 is 33.2 Å². The molecule has 4 nitrogen and oxygen atoms in total. The summed E-state index contributed by atoms with van der Waals surface area (Å²) in [5.74, 6) is 0.806. The van der Waals surface area contributed by atoms with Crippen LogP contribution in [-0.2, 0) is 4.79 Å². The number of halogens is 1. The lowest BCUT2D eigenvalue weighted by atomic mass is 9.95. The van der Waals surface area contributed by atoms with Crippen LogP contribution in [0.15, 0.2) is 16.6 Å². The van der Waals surface area contributed by atoms with Crippen LogP contribution in [0.4, 0.5) is 11.4 Å². The number of piperidine rings is 1. The molecular weight excluding hydrogens is 330 g/mol. The quantitative estimate of drug-likeness (QED) is 0.878. The maximum absolute atomic E-state index is 12.0. The van der Waals surface area contributed by atoms with Gasteiger partial charge in [-0.2, -0.15) is 0 Å². The number of benzene rings is 1. The van der Waals surface area contributed by atoms with Crippen LogP contribution in [0.2, 0.25) is 0 Å². The van der Waals surface area contributed by atoms with Gasteiger partial charge in [0.15, 0.2) is 0 Å². The highest BCUT2D eigenvalue weighted by atomic mass is 79.9. The molecule has 2 N–H and O–H groups in total. The predicted molar refractivity (Wildman–Crippen MR) is 89.8 cm³/mol. The van der Waals surface area contributed by atoms with E-state index < -0.39 is 0 Å². The van der Waals surface area contributed by atoms with Crippen LogP contribution in [0.3, 0.4) is 0 Å². The second kappa shape index (κ2) is 5.97. The Morgan fingerprint density at radius 1 is 1.48 bits per heavy atom. The number of carbonyl (C=O) groups excluding carboxylic acids is 1. The maximum Gasteiger partial charge on any atom is 0.246 e. The van der Waals surface area contributed by atoms with Crippen LogP contribution < -0.4 is 15.5 Å². The van der Waals surface area contributed by atoms with Gasteiger partial charge in [0.25, 0.3) is 0 Å². The fourth-order valence-electron chi connectivity index (χ4n) is 3.42. The number of likely N-dealkylation sites (N-methyl/N-ethyl adjacent to an activating group) is 1. The van der Waals surface area contributed by atoms with Crippen molar-refractivity contribution < 1.29 is 4.79 Å². The van der Waals surface area contributed by atoms with Crippen molar-refractivity contribution in [1.82, 2.24) is 5.32 Å². The van der Waals surface area contributed by atoms with Gasteiger partial charge in [0, 0.05) is 28.8 Å². The third-order valence-electron chi connectivity index (χ3n) is 4.68. The summed E-state index contributed by atoms with van der Waals surface area (Å²) in [5.41, 5.74) is 3.17. The second-order valence-electron chi connectivity index (χ2n) is 5.96. The first-order valence-corrected chi connectivity index (χ1v) is 8.49. The van der Waals surface area contributed by atoms with E-state index in [1.54, 1.807) is 0 Å². The summed E-state index contributed by atoms with van der Waals surface area (Å²) >= 11 is 3.70. The molecule has 2 aliphatic heterocycles. The van der Waals surface area contributed by atoms with Crippen LogP contribution in [-0.4, -0.2) is 26.0 Å². The number of nitrogens with one attached hydrogen (secondary N) is 2. The first-order valence-electron chi connectivity index (χ1n) is 7.70. The zero-order chi connectivity index (χ0) is 15.0. The molecule has 0 aliphatic carbocycles. The summed E-state index contributed by atoms with van der Waals surface area (Å²) in [4.78, 5) is 14.4. The van der Waals surface area contributed by atoms with Gasteiger partial charge >= 0.3 is 0 Å². The van der Waals surface area contributed by atoms with Gasteiger partial charge in [-0.05, 0) is 53.9 Å². The molecule has 2 unspecified atom stereocenters. The van der Waals surface area contributed by atoms with Gasteiger partial charge in [-0.15, -0.1) is 0 Å². The molecular formula is C16H22BrN3O. The third kappa shape index (κ3) is 2.69. The van der Waals surface area contributed by atoms with E-state index in [0.717, 1.165) is 34.7 Å². The molecule has 3 rings (SSSR count). The average molecular weight is 352 g/mol. The number of anilines is 2. The van der Waals surface area contributed by atoms with Gasteiger partial charge < -0.3 is 15.5 Å². The van der Waals surface area contributed by atoms with Crippen molar-refractivity contribution in [3.05, 3.63) is 22.2 Å². The minimum atomic E-state index is -0.241. The van der Waals surface area contributed by atoms with E-state index in [1.165, 1.54) is 24.9 Å². The Morgan fingerprint density at radius 3 is 3.00 bits per heavy atom. The van der Waals surface area contributed by atoms with Crippen LogP contribution >= 0.6 is 15.9 Å². The first-order chi connectivity index (χ1) is 10.1. The molecule has 21 heavy (non-hydrogen) atoms. The molecule has 1 fully saturated rings. The second-order valence-corrected chi connectivity index (χ2v) is 6.82. The van der Waals surface area contributed by atoms with Crippen LogP contribution in [0.25, 0.3) is 0 Å². The van der Waals surface area contributed by atoms with Crippen molar-refractivity contribution in [3.8, 4) is 0 Å². The van der Waals surface area contributed by atoms with E-state index in [1.807, 2.05) is 7.05 Å². The van der Waals surface area contributed by atoms with Gasteiger partial charge in [-0.1, -0.05) is 13.3 Å². The average Bonchev–Trinajstić information content (AvgIpc) is 2.80. The number of hydrogen-bond acceptors (Lipinski definition) is 3. The standard InChI is InChI=1S/C16H22BrN3O/c1-3-10-5-4-6-20(9-10)14-8-13-11(7-12(14)17)15(18-2)16(21)19-13/h7-8,10,15,18H,3-6,9H2,1-2H3,(H,19,21). The van der Waals surface area contributed by atoms with Crippen LogP contribution in [0, 0.1) is 5.92 Å². The normalized spacial score (nSPS) is 24.9. The van der Waals surface area contributed by atoms with Crippen LogP contribution in [0.1, 0.15) is 37.8 Å². The molecule has 2 aliphatic rings. The first kappa shape index (κ1) is 14.9. The van der Waals surface area contributed by atoms with Crippen molar-refractivity contribution in [1.29, 1.82) is 0 Å². The van der Waals surface area contributed by atoms with E-state index >= 15 is 0 Å². The molecule has 1 aromatic carbocycles. The summed E-state index contributed by atoms with van der Waals surface area (Å²) in [6.07, 6.45) is 3.80. The Morgan fingerprint density at radius 2 is 2.29 bits per heavy atom. The fraction of sp³-hybridized carbons (Fsp3) is 0.562. The van der Waals surface area contributed by atoms with Crippen molar-refractivity contribution in [2.45, 2.75) is 32.2 Å². The molecule has 2 atom stereocenters. The smallest absolute Gasteiger partial charge is 0.246 e. The fourth-order valence-corrected chi connectivity index (χ4v) is 4.03. The summed E-state index contributed by atoms with van der Waals surface area (Å²) in [7, 11) is 1.82. The lowest BCUT2D eigenvalue weighted by Gasteiger charge is -2.35. The SMILES string of the molecule is CCC1CCCN(c2cc3c(cc2Br)C(NC)C(=O)N3)C1. The van der Waals surface area contributed by atoms with E-state index in [2.05, 4.69) is 50.5 Å². The van der Waals surface area contributed by atoms with Crippen LogP contribution in [0.5, 0.6) is 0 Å². The summed E-state index contributed by atoms with van der Waals surface area (Å²) < 4.78 is 1.08. The lowest BCUT2D eigenvalue weighted by Crippen LogP contribution is -2.35. The Kier molecular flexibility index (Phi) is 4.22. The maximum atomic E-state index is 12.0. The molecule has 0 radical (unpaired) electrons.